The first-order valence-electron chi connectivity index (χ1n) is 12.2. The number of hydrogen-bond donors (Lipinski definition) is 1. The highest BCUT2D eigenvalue weighted by Gasteiger charge is 2.19. The molecule has 0 aliphatic heterocycles. The maximum absolute atomic E-state index is 13.9. The number of anilines is 1. The zero-order valence-electron chi connectivity index (χ0n) is 20.8. The van der Waals surface area contributed by atoms with Gasteiger partial charge in [0.1, 0.15) is 23.4 Å². The van der Waals surface area contributed by atoms with Gasteiger partial charge in [0.15, 0.2) is 11.5 Å². The lowest BCUT2D eigenvalue weighted by Crippen LogP contribution is -2.11. The van der Waals surface area contributed by atoms with Crippen LogP contribution in [-0.2, 0) is 6.54 Å². The van der Waals surface area contributed by atoms with Crippen molar-refractivity contribution < 1.29 is 9.13 Å². The molecule has 6 aromatic rings. The summed E-state index contributed by atoms with van der Waals surface area (Å²) in [5, 5.41) is 4.33. The summed E-state index contributed by atoms with van der Waals surface area (Å²) in [7, 11) is 1.65. The summed E-state index contributed by atoms with van der Waals surface area (Å²) in [5.41, 5.74) is 5.37. The molecule has 0 bridgehead atoms. The molecule has 0 radical (unpaired) electrons. The van der Waals surface area contributed by atoms with E-state index < -0.39 is 0 Å². The second-order valence-electron chi connectivity index (χ2n) is 8.96. The second-order valence-corrected chi connectivity index (χ2v) is 8.96. The van der Waals surface area contributed by atoms with Crippen LogP contribution in [-0.4, -0.2) is 36.6 Å². The summed E-state index contributed by atoms with van der Waals surface area (Å²) < 4.78 is 21.2. The first kappa shape index (κ1) is 23.5. The lowest BCUT2D eigenvalue weighted by atomic mass is 10.0. The number of benzene rings is 2. The van der Waals surface area contributed by atoms with Crippen molar-refractivity contribution in [3.8, 4) is 17.1 Å². The van der Waals surface area contributed by atoms with Gasteiger partial charge in [0.25, 0.3) is 0 Å². The molecule has 0 saturated carbocycles. The predicted molar refractivity (Wildman–Crippen MR) is 144 cm³/mol. The van der Waals surface area contributed by atoms with Crippen LogP contribution >= 0.6 is 0 Å². The highest BCUT2D eigenvalue weighted by molar-refractivity contribution is 5.85. The van der Waals surface area contributed by atoms with Crippen LogP contribution in [0.2, 0.25) is 0 Å². The minimum atomic E-state index is -0.329. The molecule has 8 nitrogen and oxygen atoms in total. The van der Waals surface area contributed by atoms with E-state index in [-0.39, 0.29) is 11.9 Å². The van der Waals surface area contributed by atoms with E-state index in [0.717, 1.165) is 27.9 Å². The minimum absolute atomic E-state index is 0.209. The van der Waals surface area contributed by atoms with Crippen molar-refractivity contribution in [3.63, 3.8) is 0 Å². The molecule has 0 aliphatic rings. The number of imidazole rings is 1. The molecule has 188 valence electrons. The van der Waals surface area contributed by atoms with Crippen molar-refractivity contribution in [2.75, 3.05) is 12.4 Å². The van der Waals surface area contributed by atoms with Crippen molar-refractivity contribution in [2.24, 2.45) is 0 Å². The van der Waals surface area contributed by atoms with Gasteiger partial charge in [0.05, 0.1) is 42.9 Å². The number of aromatic nitrogens is 6. The van der Waals surface area contributed by atoms with Gasteiger partial charge in [-0.05, 0) is 55.0 Å². The summed E-state index contributed by atoms with van der Waals surface area (Å²) in [5.74, 6) is 1.09. The standard InChI is InChI=1S/C29H24FN7O/c1-18(23-13-20-8-9-21(30)14-25(20)36-26(23)24-5-3-4-12-31-24)35-28-27-29(33-16-32-28)37(17-34-27)15-19-6-10-22(38-2)11-7-19/h3-14,16-18H,15H2,1-2H3,(H,32,33,35). The summed E-state index contributed by atoms with van der Waals surface area (Å²) in [4.78, 5) is 22.9. The van der Waals surface area contributed by atoms with Gasteiger partial charge in [0.2, 0.25) is 0 Å². The number of pyridine rings is 2. The molecule has 0 aliphatic carbocycles. The number of rotatable bonds is 7. The van der Waals surface area contributed by atoms with E-state index in [9.17, 15) is 4.39 Å². The quantitative estimate of drug-likeness (QED) is 0.293. The van der Waals surface area contributed by atoms with Gasteiger partial charge < -0.3 is 14.6 Å². The fourth-order valence-corrected chi connectivity index (χ4v) is 4.51. The zero-order valence-corrected chi connectivity index (χ0v) is 20.8. The van der Waals surface area contributed by atoms with Gasteiger partial charge in [-0.25, -0.2) is 24.3 Å². The Kier molecular flexibility index (Phi) is 6.09. The van der Waals surface area contributed by atoms with Crippen LogP contribution in [0.4, 0.5) is 10.2 Å². The smallest absolute Gasteiger partial charge is 0.165 e. The molecular formula is C29H24FN7O. The first-order valence-corrected chi connectivity index (χ1v) is 12.2. The van der Waals surface area contributed by atoms with Crippen LogP contribution in [0.3, 0.4) is 0 Å². The molecule has 0 saturated heterocycles. The molecule has 9 heteroatoms. The molecule has 1 atom stereocenters. The van der Waals surface area contributed by atoms with E-state index in [1.807, 2.05) is 60.0 Å². The fraction of sp³-hybridized carbons (Fsp3) is 0.138. The molecular weight excluding hydrogens is 481 g/mol. The zero-order chi connectivity index (χ0) is 26.1. The largest absolute Gasteiger partial charge is 0.497 e. The average molecular weight is 506 g/mol. The van der Waals surface area contributed by atoms with Crippen molar-refractivity contribution >= 4 is 27.9 Å². The fourth-order valence-electron chi connectivity index (χ4n) is 4.51. The van der Waals surface area contributed by atoms with Gasteiger partial charge in [-0.3, -0.25) is 4.98 Å². The Balaban J connectivity index is 1.35. The Morgan fingerprint density at radius 1 is 0.974 bits per heavy atom. The van der Waals surface area contributed by atoms with E-state index in [1.54, 1.807) is 25.7 Å². The number of nitrogens with zero attached hydrogens (tertiary/aromatic N) is 6. The lowest BCUT2D eigenvalue weighted by molar-refractivity contribution is 0.414. The Hall–Kier alpha value is -4.92. The number of hydrogen-bond acceptors (Lipinski definition) is 7. The Morgan fingerprint density at radius 2 is 1.84 bits per heavy atom. The number of halogens is 1. The van der Waals surface area contributed by atoms with Gasteiger partial charge >= 0.3 is 0 Å². The number of fused-ring (bicyclic) bond motifs is 2. The van der Waals surface area contributed by atoms with Crippen molar-refractivity contribution in [3.05, 3.63) is 103 Å². The van der Waals surface area contributed by atoms with Gasteiger partial charge in [0, 0.05) is 23.2 Å². The maximum Gasteiger partial charge on any atom is 0.165 e. The molecule has 4 aromatic heterocycles. The van der Waals surface area contributed by atoms with E-state index >= 15 is 0 Å². The number of methoxy groups -OCH3 is 1. The molecule has 4 heterocycles. The second kappa shape index (κ2) is 9.85. The minimum Gasteiger partial charge on any atom is -0.497 e. The number of nitrogens with one attached hydrogen (secondary N) is 1. The molecule has 38 heavy (non-hydrogen) atoms. The van der Waals surface area contributed by atoms with Crippen LogP contribution in [0.1, 0.15) is 24.1 Å². The Morgan fingerprint density at radius 3 is 2.63 bits per heavy atom. The third-order valence-electron chi connectivity index (χ3n) is 6.45. The van der Waals surface area contributed by atoms with E-state index in [2.05, 4.69) is 25.3 Å². The summed E-state index contributed by atoms with van der Waals surface area (Å²) in [6.07, 6.45) is 5.02. The molecule has 1 N–H and O–H groups in total. The molecule has 1 unspecified atom stereocenters. The first-order chi connectivity index (χ1) is 18.6. The third-order valence-corrected chi connectivity index (χ3v) is 6.45. The van der Waals surface area contributed by atoms with Crippen LogP contribution in [0, 0.1) is 5.82 Å². The highest BCUT2D eigenvalue weighted by atomic mass is 19.1. The number of ether oxygens (including phenoxy) is 1. The van der Waals surface area contributed by atoms with Crippen molar-refractivity contribution in [1.29, 1.82) is 0 Å². The Labute approximate surface area is 218 Å². The SMILES string of the molecule is COc1ccc(Cn2cnc3c(NC(C)c4cc5ccc(F)cc5nc4-c4ccccn4)ncnc32)cc1. The van der Waals surface area contributed by atoms with Crippen molar-refractivity contribution in [2.45, 2.75) is 19.5 Å². The molecule has 2 aromatic carbocycles. The molecule has 0 amide bonds. The molecule has 6 rings (SSSR count). The Bertz CT molecular complexity index is 1740. The van der Waals surface area contributed by atoms with Gasteiger partial charge in [-0.15, -0.1) is 0 Å². The van der Waals surface area contributed by atoms with E-state index in [1.165, 1.54) is 18.5 Å². The summed E-state index contributed by atoms with van der Waals surface area (Å²) in [6.45, 7) is 2.64. The monoisotopic (exact) mass is 505 g/mol. The van der Waals surface area contributed by atoms with Gasteiger partial charge in [-0.2, -0.15) is 0 Å². The predicted octanol–water partition coefficient (Wildman–Crippen LogP) is 5.81. The normalized spacial score (nSPS) is 12.1. The van der Waals surface area contributed by atoms with Crippen molar-refractivity contribution in [1.82, 2.24) is 29.5 Å². The molecule has 0 fully saturated rings. The van der Waals surface area contributed by atoms with Crippen LogP contribution in [0.25, 0.3) is 33.5 Å². The van der Waals surface area contributed by atoms with Gasteiger partial charge in [-0.1, -0.05) is 18.2 Å². The lowest BCUT2D eigenvalue weighted by Gasteiger charge is -2.19. The topological polar surface area (TPSA) is 90.6 Å². The third kappa shape index (κ3) is 4.50. The van der Waals surface area contributed by atoms with Crippen LogP contribution in [0.5, 0.6) is 5.75 Å². The summed E-state index contributed by atoms with van der Waals surface area (Å²) >= 11 is 0. The summed E-state index contributed by atoms with van der Waals surface area (Å²) in [6, 6.07) is 20.0. The highest BCUT2D eigenvalue weighted by Crippen LogP contribution is 2.32. The molecule has 0 spiro atoms. The van der Waals surface area contributed by atoms with E-state index in [0.29, 0.717) is 34.8 Å². The maximum atomic E-state index is 13.9. The van der Waals surface area contributed by atoms with Crippen LogP contribution in [0.15, 0.2) is 85.6 Å². The average Bonchev–Trinajstić information content (AvgIpc) is 3.36. The van der Waals surface area contributed by atoms with E-state index in [4.69, 9.17) is 9.72 Å². The van der Waals surface area contributed by atoms with Crippen LogP contribution < -0.4 is 10.1 Å².